The summed E-state index contributed by atoms with van der Waals surface area (Å²) in [4.78, 5) is 11.4. The summed E-state index contributed by atoms with van der Waals surface area (Å²) in [5.41, 5.74) is -0.425. The number of methoxy groups -OCH3 is 3. The van der Waals surface area contributed by atoms with Crippen LogP contribution in [0.4, 0.5) is 0 Å². The summed E-state index contributed by atoms with van der Waals surface area (Å²) >= 11 is 0. The molecule has 0 aromatic heterocycles. The number of unbranched alkanes of at least 4 members (excludes halogenated alkanes) is 2. The van der Waals surface area contributed by atoms with E-state index < -0.39 is 17.3 Å². The third-order valence-electron chi connectivity index (χ3n) is 3.12. The first-order valence-electron chi connectivity index (χ1n) is 6.94. The molecule has 7 nitrogen and oxygen atoms in total. The molecule has 0 atom stereocenters. The van der Waals surface area contributed by atoms with E-state index in [-0.39, 0.29) is 23.0 Å². The Kier molecular flexibility index (Phi) is 6.62. The molecule has 0 saturated heterocycles. The van der Waals surface area contributed by atoms with Crippen molar-refractivity contribution in [3.8, 4) is 28.7 Å². The number of carbonyl (C=O) groups is 1. The van der Waals surface area contributed by atoms with Crippen molar-refractivity contribution >= 4 is 5.97 Å². The van der Waals surface area contributed by atoms with Crippen LogP contribution in [0.25, 0.3) is 0 Å². The average molecular weight is 314 g/mol. The van der Waals surface area contributed by atoms with E-state index in [1.807, 2.05) is 0 Å². The SMILES string of the molecule is CCCCCOc1c(O)c(C(=O)O)c(OC)c(OC)c1OC. The zero-order valence-corrected chi connectivity index (χ0v) is 13.3. The van der Waals surface area contributed by atoms with Gasteiger partial charge < -0.3 is 29.2 Å². The molecular formula is C15H22O7. The maximum absolute atomic E-state index is 11.4. The molecule has 0 bridgehead atoms. The molecule has 1 aromatic rings. The van der Waals surface area contributed by atoms with Crippen molar-refractivity contribution in [1.82, 2.24) is 0 Å². The lowest BCUT2D eigenvalue weighted by molar-refractivity contribution is 0.0687. The number of carboxylic acids is 1. The van der Waals surface area contributed by atoms with Crippen LogP contribution in [0.3, 0.4) is 0 Å². The van der Waals surface area contributed by atoms with Crippen molar-refractivity contribution in [1.29, 1.82) is 0 Å². The summed E-state index contributed by atoms with van der Waals surface area (Å²) in [5, 5.41) is 19.5. The van der Waals surface area contributed by atoms with Crippen LogP contribution in [0.5, 0.6) is 28.7 Å². The van der Waals surface area contributed by atoms with Crippen molar-refractivity contribution < 1.29 is 34.0 Å². The van der Waals surface area contributed by atoms with Crippen molar-refractivity contribution in [2.75, 3.05) is 27.9 Å². The number of rotatable bonds is 9. The topological polar surface area (TPSA) is 94.5 Å². The van der Waals surface area contributed by atoms with E-state index in [1.54, 1.807) is 0 Å². The monoisotopic (exact) mass is 314 g/mol. The molecule has 0 radical (unpaired) electrons. The van der Waals surface area contributed by atoms with Gasteiger partial charge in [0.05, 0.1) is 27.9 Å². The van der Waals surface area contributed by atoms with Gasteiger partial charge in [-0.1, -0.05) is 19.8 Å². The van der Waals surface area contributed by atoms with Crippen molar-refractivity contribution in [2.24, 2.45) is 0 Å². The van der Waals surface area contributed by atoms with Gasteiger partial charge in [0.25, 0.3) is 0 Å². The highest BCUT2D eigenvalue weighted by atomic mass is 16.6. The van der Waals surface area contributed by atoms with E-state index in [9.17, 15) is 15.0 Å². The van der Waals surface area contributed by atoms with Crippen LogP contribution in [-0.2, 0) is 0 Å². The van der Waals surface area contributed by atoms with Crippen LogP contribution >= 0.6 is 0 Å². The Morgan fingerprint density at radius 3 is 1.95 bits per heavy atom. The van der Waals surface area contributed by atoms with E-state index >= 15 is 0 Å². The Hall–Kier alpha value is -2.31. The predicted molar refractivity (Wildman–Crippen MR) is 79.7 cm³/mol. The lowest BCUT2D eigenvalue weighted by Gasteiger charge is -2.19. The molecule has 0 aliphatic carbocycles. The maximum atomic E-state index is 11.4. The lowest BCUT2D eigenvalue weighted by Crippen LogP contribution is -2.08. The molecule has 1 aromatic carbocycles. The quantitative estimate of drug-likeness (QED) is 0.677. The van der Waals surface area contributed by atoms with E-state index in [0.717, 1.165) is 19.3 Å². The van der Waals surface area contributed by atoms with Gasteiger partial charge in [-0.15, -0.1) is 0 Å². The fraction of sp³-hybridized carbons (Fsp3) is 0.533. The summed E-state index contributed by atoms with van der Waals surface area (Å²) in [6.45, 7) is 2.38. The van der Waals surface area contributed by atoms with E-state index in [2.05, 4.69) is 6.92 Å². The normalized spacial score (nSPS) is 10.2. The molecule has 1 rings (SSSR count). The number of aromatic hydroxyl groups is 1. The molecule has 0 spiro atoms. The van der Waals surface area contributed by atoms with Crippen LogP contribution in [0.2, 0.25) is 0 Å². The van der Waals surface area contributed by atoms with Gasteiger partial charge in [-0.3, -0.25) is 0 Å². The van der Waals surface area contributed by atoms with Crippen molar-refractivity contribution in [3.05, 3.63) is 5.56 Å². The fourth-order valence-corrected chi connectivity index (χ4v) is 2.07. The second-order valence-corrected chi connectivity index (χ2v) is 4.51. The zero-order chi connectivity index (χ0) is 16.7. The molecule has 0 unspecified atom stereocenters. The average Bonchev–Trinajstić information content (AvgIpc) is 2.50. The molecule has 0 aliphatic heterocycles. The van der Waals surface area contributed by atoms with E-state index in [4.69, 9.17) is 18.9 Å². The Balaban J connectivity index is 3.40. The Bertz CT molecular complexity index is 525. The van der Waals surface area contributed by atoms with Gasteiger partial charge in [0.2, 0.25) is 17.2 Å². The molecule has 22 heavy (non-hydrogen) atoms. The zero-order valence-electron chi connectivity index (χ0n) is 13.3. The standard InChI is InChI=1S/C15H22O7/c1-5-6-7-8-22-12-10(16)9(15(17)18)11(19-2)13(20-3)14(12)21-4/h16H,5-8H2,1-4H3,(H,17,18). The number of hydrogen-bond acceptors (Lipinski definition) is 6. The van der Waals surface area contributed by atoms with E-state index in [1.165, 1.54) is 21.3 Å². The summed E-state index contributed by atoms with van der Waals surface area (Å²) in [7, 11) is 4.00. The first kappa shape index (κ1) is 17.7. The molecule has 0 aliphatic rings. The molecule has 0 fully saturated rings. The summed E-state index contributed by atoms with van der Waals surface area (Å²) in [6.07, 6.45) is 2.75. The van der Waals surface area contributed by atoms with Crippen molar-refractivity contribution in [2.45, 2.75) is 26.2 Å². The van der Waals surface area contributed by atoms with E-state index in [0.29, 0.717) is 6.61 Å². The number of carboxylic acid groups (broad SMARTS) is 1. The van der Waals surface area contributed by atoms with Gasteiger partial charge in [-0.25, -0.2) is 4.79 Å². The van der Waals surface area contributed by atoms with Crippen LogP contribution in [-0.4, -0.2) is 44.1 Å². The minimum atomic E-state index is -1.35. The number of aromatic carboxylic acids is 1. The largest absolute Gasteiger partial charge is 0.503 e. The summed E-state index contributed by atoms with van der Waals surface area (Å²) in [5.74, 6) is -1.92. The number of phenols is 1. The summed E-state index contributed by atoms with van der Waals surface area (Å²) in [6, 6.07) is 0. The molecule has 2 N–H and O–H groups in total. The van der Waals surface area contributed by atoms with Crippen molar-refractivity contribution in [3.63, 3.8) is 0 Å². The molecule has 124 valence electrons. The second kappa shape index (κ2) is 8.21. The smallest absolute Gasteiger partial charge is 0.343 e. The highest BCUT2D eigenvalue weighted by Crippen LogP contribution is 2.53. The van der Waals surface area contributed by atoms with Gasteiger partial charge >= 0.3 is 5.97 Å². The number of benzene rings is 1. The Morgan fingerprint density at radius 2 is 1.50 bits per heavy atom. The minimum absolute atomic E-state index is 0.0608. The Labute approximate surface area is 129 Å². The first-order valence-corrected chi connectivity index (χ1v) is 6.94. The minimum Gasteiger partial charge on any atom is -0.503 e. The molecule has 0 heterocycles. The number of hydrogen-bond donors (Lipinski definition) is 2. The van der Waals surface area contributed by atoms with Gasteiger partial charge in [0.1, 0.15) is 0 Å². The number of ether oxygens (including phenoxy) is 4. The summed E-state index contributed by atoms with van der Waals surface area (Å²) < 4.78 is 20.9. The highest BCUT2D eigenvalue weighted by Gasteiger charge is 2.31. The second-order valence-electron chi connectivity index (χ2n) is 4.51. The molecule has 7 heteroatoms. The maximum Gasteiger partial charge on any atom is 0.343 e. The van der Waals surface area contributed by atoms with Gasteiger partial charge in [0, 0.05) is 0 Å². The highest BCUT2D eigenvalue weighted by molar-refractivity contribution is 5.97. The Morgan fingerprint density at radius 1 is 0.955 bits per heavy atom. The molecule has 0 saturated carbocycles. The van der Waals surface area contributed by atoms with Gasteiger partial charge in [-0.2, -0.15) is 0 Å². The molecular weight excluding hydrogens is 292 g/mol. The third-order valence-corrected chi connectivity index (χ3v) is 3.12. The first-order chi connectivity index (χ1) is 10.5. The van der Waals surface area contributed by atoms with Crippen LogP contribution in [0.15, 0.2) is 0 Å². The third kappa shape index (κ3) is 3.47. The van der Waals surface area contributed by atoms with Crippen LogP contribution in [0.1, 0.15) is 36.5 Å². The van der Waals surface area contributed by atoms with Gasteiger partial charge in [-0.05, 0) is 6.42 Å². The van der Waals surface area contributed by atoms with Crippen LogP contribution in [0, 0.1) is 0 Å². The van der Waals surface area contributed by atoms with Crippen LogP contribution < -0.4 is 18.9 Å². The molecule has 0 amide bonds. The fourth-order valence-electron chi connectivity index (χ4n) is 2.07. The van der Waals surface area contributed by atoms with Gasteiger partial charge in [0.15, 0.2) is 17.1 Å². The lowest BCUT2D eigenvalue weighted by atomic mass is 10.1. The predicted octanol–water partition coefficient (Wildman–Crippen LogP) is 2.69.